The summed E-state index contributed by atoms with van der Waals surface area (Å²) in [4.78, 5) is 21.6. The lowest BCUT2D eigenvalue weighted by atomic mass is 10.2. The fourth-order valence-corrected chi connectivity index (χ4v) is 0.756. The Kier molecular flexibility index (Phi) is 1.71. The van der Waals surface area contributed by atoms with E-state index in [0.717, 1.165) is 4.90 Å². The number of amides is 1. The lowest BCUT2D eigenvalue weighted by molar-refractivity contribution is -0.264. The van der Waals surface area contributed by atoms with Crippen molar-refractivity contribution in [2.75, 3.05) is 13.1 Å². The third kappa shape index (κ3) is 1.34. The number of hydrogen-bond acceptors (Lipinski definition) is 3. The molecule has 1 amide bonds. The molecule has 4 heteroatoms. The van der Waals surface area contributed by atoms with Crippen LogP contribution in [0.4, 0.5) is 4.79 Å². The van der Waals surface area contributed by atoms with Crippen LogP contribution in [0.5, 0.6) is 0 Å². The van der Waals surface area contributed by atoms with E-state index >= 15 is 0 Å². The maximum atomic E-state index is 10.6. The van der Waals surface area contributed by atoms with Crippen LogP contribution < -0.4 is 5.11 Å². The van der Waals surface area contributed by atoms with E-state index in [4.69, 9.17) is 0 Å². The topological polar surface area (TPSA) is 60.4 Å². The maximum absolute atomic E-state index is 10.6. The minimum absolute atomic E-state index is 0.0706. The second-order valence-corrected chi connectivity index (χ2v) is 2.02. The number of rotatable bonds is 0. The quantitative estimate of drug-likeness (QED) is 0.423. The van der Waals surface area contributed by atoms with Gasteiger partial charge < -0.3 is 14.8 Å². The van der Waals surface area contributed by atoms with Crippen LogP contribution in [0.3, 0.4) is 0 Å². The van der Waals surface area contributed by atoms with Crippen LogP contribution in [0.15, 0.2) is 12.2 Å². The fraction of sp³-hybridized carbons (Fsp3) is 0.333. The van der Waals surface area contributed by atoms with Crippen molar-refractivity contribution < 1.29 is 14.7 Å². The van der Waals surface area contributed by atoms with Gasteiger partial charge in [0.05, 0.1) is 6.54 Å². The highest BCUT2D eigenvalue weighted by Gasteiger charge is 2.10. The lowest BCUT2D eigenvalue weighted by Gasteiger charge is -2.24. The summed E-state index contributed by atoms with van der Waals surface area (Å²) in [5.41, 5.74) is 0. The number of carboxylic acid groups (broad SMARTS) is 1. The van der Waals surface area contributed by atoms with Gasteiger partial charge >= 0.3 is 0 Å². The summed E-state index contributed by atoms with van der Waals surface area (Å²) in [5.74, 6) is -0.199. The zero-order valence-corrected chi connectivity index (χ0v) is 5.24. The molecule has 0 aromatic carbocycles. The molecule has 0 atom stereocenters. The van der Waals surface area contributed by atoms with Crippen molar-refractivity contribution in [1.82, 2.24) is 4.90 Å². The second-order valence-electron chi connectivity index (χ2n) is 2.02. The smallest absolute Gasteiger partial charge is 0.174 e. The highest BCUT2D eigenvalue weighted by Crippen LogP contribution is 1.95. The van der Waals surface area contributed by atoms with E-state index in [1.807, 2.05) is 0 Å². The maximum Gasteiger partial charge on any atom is 0.174 e. The van der Waals surface area contributed by atoms with Gasteiger partial charge in [0.15, 0.2) is 5.78 Å². The van der Waals surface area contributed by atoms with Crippen LogP contribution in [0, 0.1) is 0 Å². The van der Waals surface area contributed by atoms with Crippen molar-refractivity contribution in [2.24, 2.45) is 0 Å². The van der Waals surface area contributed by atoms with Gasteiger partial charge in [-0.15, -0.1) is 0 Å². The van der Waals surface area contributed by atoms with E-state index < -0.39 is 6.09 Å². The predicted octanol–water partition coefficient (Wildman–Crippen LogP) is -1.23. The highest BCUT2D eigenvalue weighted by atomic mass is 16.4. The average Bonchev–Trinajstić information content (AvgIpc) is 1.88. The molecule has 10 heavy (non-hydrogen) atoms. The molecule has 4 nitrogen and oxygen atoms in total. The second kappa shape index (κ2) is 2.51. The molecule has 0 unspecified atom stereocenters. The number of ketones is 1. The highest BCUT2D eigenvalue weighted by molar-refractivity contribution is 5.94. The van der Waals surface area contributed by atoms with Crippen LogP contribution in [0.1, 0.15) is 0 Å². The SMILES string of the molecule is O=C1C=CCN(C(=O)[O-])C1. The van der Waals surface area contributed by atoms with E-state index in [0.29, 0.717) is 0 Å². The van der Waals surface area contributed by atoms with Crippen molar-refractivity contribution in [3.05, 3.63) is 12.2 Å². The Labute approximate surface area is 57.7 Å². The molecule has 0 aromatic rings. The molecule has 0 N–H and O–H groups in total. The van der Waals surface area contributed by atoms with Crippen LogP contribution in [0.25, 0.3) is 0 Å². The largest absolute Gasteiger partial charge is 0.530 e. The van der Waals surface area contributed by atoms with E-state index in [-0.39, 0.29) is 18.9 Å². The van der Waals surface area contributed by atoms with Crippen molar-refractivity contribution in [2.45, 2.75) is 0 Å². The molecule has 1 rings (SSSR count). The third-order valence-electron chi connectivity index (χ3n) is 1.23. The molecule has 0 aliphatic carbocycles. The Bertz CT molecular complexity index is 197. The monoisotopic (exact) mass is 140 g/mol. The van der Waals surface area contributed by atoms with Crippen LogP contribution in [-0.4, -0.2) is 29.9 Å². The van der Waals surface area contributed by atoms with Gasteiger partial charge in [-0.1, -0.05) is 6.08 Å². The molecule has 0 saturated carbocycles. The average molecular weight is 140 g/mol. The minimum atomic E-state index is -1.29. The Morgan fingerprint density at radius 1 is 1.70 bits per heavy atom. The summed E-state index contributed by atoms with van der Waals surface area (Å²) in [5, 5.41) is 10.1. The van der Waals surface area contributed by atoms with Gasteiger partial charge in [0.2, 0.25) is 0 Å². The van der Waals surface area contributed by atoms with Crippen molar-refractivity contribution in [3.63, 3.8) is 0 Å². The van der Waals surface area contributed by atoms with Crippen LogP contribution >= 0.6 is 0 Å². The van der Waals surface area contributed by atoms with Gasteiger partial charge in [-0.05, 0) is 6.08 Å². The molecule has 54 valence electrons. The van der Waals surface area contributed by atoms with Gasteiger partial charge in [-0.3, -0.25) is 4.79 Å². The number of carbonyl (C=O) groups excluding carboxylic acids is 2. The standard InChI is InChI=1S/C6H7NO3/c8-5-2-1-3-7(4-5)6(9)10/h1-2H,3-4H2,(H,9,10)/p-1. The van der Waals surface area contributed by atoms with Gasteiger partial charge in [0.25, 0.3) is 0 Å². The number of hydrogen-bond donors (Lipinski definition) is 0. The van der Waals surface area contributed by atoms with Gasteiger partial charge in [0, 0.05) is 6.54 Å². The fourth-order valence-electron chi connectivity index (χ4n) is 0.756. The molecule has 0 radical (unpaired) electrons. The number of carbonyl (C=O) groups is 2. The lowest BCUT2D eigenvalue weighted by Crippen LogP contribution is -2.45. The van der Waals surface area contributed by atoms with Gasteiger partial charge in [0.1, 0.15) is 6.09 Å². The van der Waals surface area contributed by atoms with Crippen LogP contribution in [-0.2, 0) is 4.79 Å². The molecule has 1 aliphatic rings. The van der Waals surface area contributed by atoms with Crippen molar-refractivity contribution in [3.8, 4) is 0 Å². The third-order valence-corrected chi connectivity index (χ3v) is 1.23. The van der Waals surface area contributed by atoms with E-state index in [1.54, 1.807) is 0 Å². The van der Waals surface area contributed by atoms with Gasteiger partial charge in [-0.25, -0.2) is 0 Å². The Hall–Kier alpha value is -1.32. The first-order valence-corrected chi connectivity index (χ1v) is 2.85. The molecule has 0 aromatic heterocycles. The van der Waals surface area contributed by atoms with E-state index in [1.165, 1.54) is 12.2 Å². The molecule has 0 bridgehead atoms. The molecular formula is C6H6NO3-. The van der Waals surface area contributed by atoms with E-state index in [9.17, 15) is 14.7 Å². The molecule has 0 saturated heterocycles. The summed E-state index contributed by atoms with van der Waals surface area (Å²) < 4.78 is 0. The zero-order chi connectivity index (χ0) is 7.56. The first kappa shape index (κ1) is 6.80. The van der Waals surface area contributed by atoms with Crippen molar-refractivity contribution >= 4 is 11.9 Å². The zero-order valence-electron chi connectivity index (χ0n) is 5.24. The first-order valence-electron chi connectivity index (χ1n) is 2.85. The normalized spacial score (nSPS) is 17.6. The first-order chi connectivity index (χ1) is 4.70. The van der Waals surface area contributed by atoms with Gasteiger partial charge in [-0.2, -0.15) is 0 Å². The Morgan fingerprint density at radius 3 is 2.80 bits per heavy atom. The molecule has 0 spiro atoms. The van der Waals surface area contributed by atoms with E-state index in [2.05, 4.69) is 0 Å². The summed E-state index contributed by atoms with van der Waals surface area (Å²) in [6.07, 6.45) is 1.58. The predicted molar refractivity (Wildman–Crippen MR) is 31.1 cm³/mol. The molecular weight excluding hydrogens is 134 g/mol. The summed E-state index contributed by atoms with van der Waals surface area (Å²) in [6.45, 7) is 0.187. The molecule has 1 heterocycles. The molecule has 1 aliphatic heterocycles. The summed E-state index contributed by atoms with van der Waals surface area (Å²) >= 11 is 0. The minimum Gasteiger partial charge on any atom is -0.530 e. The molecule has 0 fully saturated rings. The summed E-state index contributed by atoms with van der Waals surface area (Å²) in [7, 11) is 0. The van der Waals surface area contributed by atoms with Crippen molar-refractivity contribution in [1.29, 1.82) is 0 Å². The number of nitrogens with zero attached hydrogens (tertiary/aromatic N) is 1. The Morgan fingerprint density at radius 2 is 2.40 bits per heavy atom. The Balaban J connectivity index is 2.60. The van der Waals surface area contributed by atoms with Crippen LogP contribution in [0.2, 0.25) is 0 Å². The summed E-state index contributed by atoms with van der Waals surface area (Å²) in [6, 6.07) is 0.